The fraction of sp³-hybridized carbons (Fsp3) is 0.769. The van der Waals surface area contributed by atoms with E-state index in [0.717, 1.165) is 81.8 Å². The number of alkyl halides is 3. The highest BCUT2D eigenvalue weighted by atomic mass is 19.4. The topological polar surface area (TPSA) is 48.7 Å². The number of benzene rings is 1. The number of unbranched alkanes of at least 4 members (excludes halogenated alkanes) is 16. The minimum absolute atomic E-state index is 0.217. The van der Waals surface area contributed by atoms with Crippen molar-refractivity contribution in [2.24, 2.45) is 0 Å². The van der Waals surface area contributed by atoms with E-state index in [9.17, 15) is 18.0 Å². The quantitative estimate of drug-likeness (QED) is 0.0648. The summed E-state index contributed by atoms with van der Waals surface area (Å²) < 4.78 is 54.7. The second-order valence-corrected chi connectivity index (χ2v) is 13.1. The molecule has 0 aliphatic carbocycles. The molecule has 1 heterocycles. The second-order valence-electron chi connectivity index (χ2n) is 13.1. The highest BCUT2D eigenvalue weighted by molar-refractivity contribution is 5.81. The van der Waals surface area contributed by atoms with Gasteiger partial charge in [-0.25, -0.2) is 4.79 Å². The molecule has 0 N–H and O–H groups in total. The van der Waals surface area contributed by atoms with Crippen LogP contribution in [0.25, 0.3) is 11.0 Å². The van der Waals surface area contributed by atoms with E-state index in [1.807, 2.05) is 18.2 Å². The Kier molecular flexibility index (Phi) is 21.9. The van der Waals surface area contributed by atoms with Crippen molar-refractivity contribution < 1.29 is 27.1 Å². The molecule has 0 bridgehead atoms. The lowest BCUT2D eigenvalue weighted by Crippen LogP contribution is -2.15. The Morgan fingerprint density at radius 1 is 0.674 bits per heavy atom. The van der Waals surface area contributed by atoms with Crippen molar-refractivity contribution in [1.29, 1.82) is 0 Å². The van der Waals surface area contributed by atoms with Crippen LogP contribution in [0.3, 0.4) is 0 Å². The standard InChI is InChI=1S/C39H63F3O4/c1-3-5-7-9-10-14-17-21-29-44-34(24-19-8-6-4-2)25-22-30-45-35-26-27-36-33(31-38(43)46-37(36)32-35)23-18-15-12-11-13-16-20-28-39(40,41)42/h26-27,31-32,34H,3-25,28-30H2,1-2H3. The minimum Gasteiger partial charge on any atom is -0.493 e. The first kappa shape index (κ1) is 40.2. The predicted octanol–water partition coefficient (Wildman–Crippen LogP) is 12.7. The molecular weight excluding hydrogens is 589 g/mol. The van der Waals surface area contributed by atoms with E-state index in [1.165, 1.54) is 70.6 Å². The fourth-order valence-corrected chi connectivity index (χ4v) is 6.13. The van der Waals surface area contributed by atoms with Crippen LogP contribution >= 0.6 is 0 Å². The van der Waals surface area contributed by atoms with Gasteiger partial charge in [0.2, 0.25) is 0 Å². The van der Waals surface area contributed by atoms with Gasteiger partial charge in [0.15, 0.2) is 0 Å². The number of ether oxygens (including phenoxy) is 2. The molecular formula is C39H63F3O4. The van der Waals surface area contributed by atoms with Crippen LogP contribution in [-0.2, 0) is 11.2 Å². The van der Waals surface area contributed by atoms with E-state index < -0.39 is 12.6 Å². The molecule has 0 spiro atoms. The van der Waals surface area contributed by atoms with Gasteiger partial charge >= 0.3 is 11.8 Å². The molecule has 264 valence electrons. The van der Waals surface area contributed by atoms with E-state index in [4.69, 9.17) is 13.9 Å². The van der Waals surface area contributed by atoms with Crippen LogP contribution in [0.4, 0.5) is 13.2 Å². The van der Waals surface area contributed by atoms with E-state index in [0.29, 0.717) is 24.4 Å². The summed E-state index contributed by atoms with van der Waals surface area (Å²) in [5.74, 6) is 0.706. The lowest BCUT2D eigenvalue weighted by molar-refractivity contribution is -0.135. The molecule has 1 atom stereocenters. The molecule has 2 aromatic rings. The molecule has 46 heavy (non-hydrogen) atoms. The van der Waals surface area contributed by atoms with Crippen LogP contribution in [0.2, 0.25) is 0 Å². The Morgan fingerprint density at radius 2 is 1.26 bits per heavy atom. The third-order valence-corrected chi connectivity index (χ3v) is 8.88. The minimum atomic E-state index is -4.05. The molecule has 1 unspecified atom stereocenters. The smallest absolute Gasteiger partial charge is 0.389 e. The van der Waals surface area contributed by atoms with Crippen molar-refractivity contribution in [3.05, 3.63) is 40.2 Å². The van der Waals surface area contributed by atoms with Gasteiger partial charge in [-0.2, -0.15) is 13.2 Å². The molecule has 0 aliphatic heterocycles. The van der Waals surface area contributed by atoms with Crippen LogP contribution in [0.1, 0.15) is 167 Å². The number of rotatable bonds is 29. The van der Waals surface area contributed by atoms with Gasteiger partial charge in [0.25, 0.3) is 0 Å². The van der Waals surface area contributed by atoms with Gasteiger partial charge in [0.05, 0.1) is 12.7 Å². The van der Waals surface area contributed by atoms with Gasteiger partial charge in [0.1, 0.15) is 11.3 Å². The van der Waals surface area contributed by atoms with Gasteiger partial charge in [0, 0.05) is 30.5 Å². The largest absolute Gasteiger partial charge is 0.493 e. The summed E-state index contributed by atoms with van der Waals surface area (Å²) in [6, 6.07) is 7.33. The predicted molar refractivity (Wildman–Crippen MR) is 185 cm³/mol. The van der Waals surface area contributed by atoms with Crippen molar-refractivity contribution >= 4 is 11.0 Å². The molecule has 0 amide bonds. The van der Waals surface area contributed by atoms with Crippen LogP contribution < -0.4 is 10.4 Å². The Hall–Kier alpha value is -2.02. The molecule has 0 fully saturated rings. The third-order valence-electron chi connectivity index (χ3n) is 8.88. The molecule has 1 aromatic heterocycles. The van der Waals surface area contributed by atoms with Crippen molar-refractivity contribution in [3.63, 3.8) is 0 Å². The first-order valence-corrected chi connectivity index (χ1v) is 18.7. The molecule has 2 rings (SSSR count). The monoisotopic (exact) mass is 652 g/mol. The van der Waals surface area contributed by atoms with Crippen LogP contribution in [0.5, 0.6) is 5.75 Å². The zero-order valence-electron chi connectivity index (χ0n) is 29.0. The zero-order valence-corrected chi connectivity index (χ0v) is 29.0. The summed E-state index contributed by atoms with van der Waals surface area (Å²) in [6.07, 6.45) is 20.4. The van der Waals surface area contributed by atoms with Gasteiger partial charge in [-0.05, 0) is 62.6 Å². The van der Waals surface area contributed by atoms with Crippen LogP contribution in [0, 0.1) is 0 Å². The van der Waals surface area contributed by atoms with Gasteiger partial charge < -0.3 is 13.9 Å². The van der Waals surface area contributed by atoms with Gasteiger partial charge in [-0.15, -0.1) is 0 Å². The highest BCUT2D eigenvalue weighted by Crippen LogP contribution is 2.26. The number of halogens is 3. The fourth-order valence-electron chi connectivity index (χ4n) is 6.13. The molecule has 0 saturated heterocycles. The maximum Gasteiger partial charge on any atom is 0.389 e. The van der Waals surface area contributed by atoms with E-state index in [2.05, 4.69) is 13.8 Å². The SMILES string of the molecule is CCCCCCCCCCOC(CCCCCC)CCCOc1ccc2c(CCCCCCCCCC(F)(F)F)cc(=O)oc2c1. The molecule has 0 aliphatic rings. The maximum absolute atomic E-state index is 12.3. The molecule has 0 radical (unpaired) electrons. The lowest BCUT2D eigenvalue weighted by Gasteiger charge is -2.18. The maximum atomic E-state index is 12.3. The van der Waals surface area contributed by atoms with Crippen molar-refractivity contribution in [2.75, 3.05) is 13.2 Å². The average molecular weight is 653 g/mol. The third kappa shape index (κ3) is 19.6. The van der Waals surface area contributed by atoms with Crippen LogP contribution in [-0.4, -0.2) is 25.5 Å². The molecule has 7 heteroatoms. The first-order valence-electron chi connectivity index (χ1n) is 18.7. The van der Waals surface area contributed by atoms with Crippen molar-refractivity contribution in [3.8, 4) is 5.75 Å². The average Bonchev–Trinajstić information content (AvgIpc) is 3.02. The Morgan fingerprint density at radius 3 is 1.93 bits per heavy atom. The van der Waals surface area contributed by atoms with Gasteiger partial charge in [-0.3, -0.25) is 0 Å². The number of hydrogen-bond donors (Lipinski definition) is 0. The van der Waals surface area contributed by atoms with E-state index in [1.54, 1.807) is 6.07 Å². The summed E-state index contributed by atoms with van der Waals surface area (Å²) in [6.45, 7) is 5.95. The molecule has 4 nitrogen and oxygen atoms in total. The van der Waals surface area contributed by atoms with E-state index in [-0.39, 0.29) is 18.2 Å². The summed E-state index contributed by atoms with van der Waals surface area (Å²) in [5, 5.41) is 0.931. The Bertz CT molecular complexity index is 1080. The second kappa shape index (κ2) is 25.1. The van der Waals surface area contributed by atoms with E-state index >= 15 is 0 Å². The zero-order chi connectivity index (χ0) is 33.3. The summed E-state index contributed by atoms with van der Waals surface area (Å²) in [7, 11) is 0. The van der Waals surface area contributed by atoms with Crippen LogP contribution in [0.15, 0.2) is 33.5 Å². The highest BCUT2D eigenvalue weighted by Gasteiger charge is 2.25. The number of aryl methyl sites for hydroxylation is 1. The lowest BCUT2D eigenvalue weighted by atomic mass is 10.0. The van der Waals surface area contributed by atoms with Crippen molar-refractivity contribution in [1.82, 2.24) is 0 Å². The summed E-state index contributed by atoms with van der Waals surface area (Å²) in [4.78, 5) is 12.3. The normalized spacial score (nSPS) is 12.6. The van der Waals surface area contributed by atoms with Crippen molar-refractivity contribution in [2.45, 2.75) is 180 Å². The molecule has 0 saturated carbocycles. The summed E-state index contributed by atoms with van der Waals surface area (Å²) in [5.41, 5.74) is 1.17. The molecule has 1 aromatic carbocycles. The van der Waals surface area contributed by atoms with Gasteiger partial charge in [-0.1, -0.05) is 117 Å². The number of fused-ring (bicyclic) bond motifs is 1. The Labute approximate surface area is 277 Å². The Balaban J connectivity index is 1.73. The number of hydrogen-bond acceptors (Lipinski definition) is 4. The first-order chi connectivity index (χ1) is 22.3. The summed E-state index contributed by atoms with van der Waals surface area (Å²) >= 11 is 0.